The quantitative estimate of drug-likeness (QED) is 0.789. The number of rotatable bonds is 5. The molecule has 0 spiro atoms. The van der Waals surface area contributed by atoms with Gasteiger partial charge in [-0.1, -0.05) is 31.1 Å². The predicted molar refractivity (Wildman–Crippen MR) is 105 cm³/mol. The minimum absolute atomic E-state index is 0.0767. The third kappa shape index (κ3) is 4.13. The first kappa shape index (κ1) is 18.8. The largest absolute Gasteiger partial charge is 0.477 e. The Bertz CT molecular complexity index is 813. The van der Waals surface area contributed by atoms with Gasteiger partial charge in [0.05, 0.1) is 18.8 Å². The summed E-state index contributed by atoms with van der Waals surface area (Å²) in [6.45, 7) is 6.87. The fraction of sp³-hybridized carbons (Fsp3) is 0.571. The highest BCUT2D eigenvalue weighted by Gasteiger charge is 2.34. The molecule has 1 aromatic heterocycles. The second kappa shape index (κ2) is 8.20. The topological polar surface area (TPSA) is 71.7 Å². The second-order valence-electron chi connectivity index (χ2n) is 8.04. The molecule has 2 aliphatic heterocycles. The Morgan fingerprint density at radius 1 is 1.21 bits per heavy atom. The number of nitrogens with zero attached hydrogens (tertiary/aromatic N) is 4. The molecule has 2 aromatic rings. The Labute approximate surface area is 165 Å². The van der Waals surface area contributed by atoms with E-state index in [1.54, 1.807) is 0 Å². The highest BCUT2D eigenvalue weighted by molar-refractivity contribution is 5.83. The Morgan fingerprint density at radius 2 is 2.00 bits per heavy atom. The maximum atomic E-state index is 13.0. The molecule has 1 aromatic carbocycles. The van der Waals surface area contributed by atoms with Crippen LogP contribution in [0, 0.1) is 5.92 Å². The maximum Gasteiger partial charge on any atom is 0.265 e. The molecule has 0 radical (unpaired) electrons. The zero-order chi connectivity index (χ0) is 19.5. The Balaban J connectivity index is 1.52. The van der Waals surface area contributed by atoms with E-state index < -0.39 is 6.10 Å². The number of para-hydroxylation sites is 2. The lowest BCUT2D eigenvalue weighted by Crippen LogP contribution is -2.51. The van der Waals surface area contributed by atoms with E-state index in [0.29, 0.717) is 30.7 Å². The second-order valence-corrected chi connectivity index (χ2v) is 8.04. The first-order valence-corrected chi connectivity index (χ1v) is 10.2. The van der Waals surface area contributed by atoms with Gasteiger partial charge >= 0.3 is 0 Å². The number of hydrogen-bond donors (Lipinski definition) is 0. The smallest absolute Gasteiger partial charge is 0.265 e. The molecular formula is C21H28N4O3. The van der Waals surface area contributed by atoms with E-state index in [1.165, 1.54) is 6.42 Å². The normalized spacial score (nSPS) is 19.5. The van der Waals surface area contributed by atoms with Crippen molar-refractivity contribution in [2.75, 3.05) is 24.5 Å². The lowest BCUT2D eigenvalue weighted by atomic mass is 10.1. The van der Waals surface area contributed by atoms with Gasteiger partial charge in [-0.25, -0.2) is 0 Å². The van der Waals surface area contributed by atoms with E-state index in [2.05, 4.69) is 28.9 Å². The molecule has 0 saturated carbocycles. The highest BCUT2D eigenvalue weighted by Crippen LogP contribution is 2.34. The molecule has 150 valence electrons. The van der Waals surface area contributed by atoms with Gasteiger partial charge in [-0.3, -0.25) is 4.79 Å². The first-order chi connectivity index (χ1) is 13.6. The van der Waals surface area contributed by atoms with Gasteiger partial charge < -0.3 is 19.1 Å². The minimum Gasteiger partial charge on any atom is -0.477 e. The van der Waals surface area contributed by atoms with Gasteiger partial charge in [0, 0.05) is 19.5 Å². The van der Waals surface area contributed by atoms with Crippen LogP contribution in [0.25, 0.3) is 0 Å². The van der Waals surface area contributed by atoms with Gasteiger partial charge in [-0.05, 0) is 37.3 Å². The van der Waals surface area contributed by atoms with Crippen LogP contribution >= 0.6 is 0 Å². The van der Waals surface area contributed by atoms with Crippen molar-refractivity contribution in [3.63, 3.8) is 0 Å². The van der Waals surface area contributed by atoms with Crippen LogP contribution in [0.1, 0.15) is 44.8 Å². The van der Waals surface area contributed by atoms with Crippen LogP contribution in [0.3, 0.4) is 0 Å². The van der Waals surface area contributed by atoms with Gasteiger partial charge in [0.1, 0.15) is 5.75 Å². The maximum absolute atomic E-state index is 13.0. The average molecular weight is 384 g/mol. The van der Waals surface area contributed by atoms with E-state index >= 15 is 0 Å². The summed E-state index contributed by atoms with van der Waals surface area (Å²) in [5.41, 5.74) is 0.959. The van der Waals surface area contributed by atoms with E-state index in [1.807, 2.05) is 29.2 Å². The summed E-state index contributed by atoms with van der Waals surface area (Å²) in [5.74, 6) is 2.57. The Hall–Kier alpha value is -2.57. The number of aromatic nitrogens is 2. The van der Waals surface area contributed by atoms with Crippen molar-refractivity contribution in [3.8, 4) is 5.75 Å². The number of carbonyl (C=O) groups is 1. The molecular weight excluding hydrogens is 356 g/mol. The van der Waals surface area contributed by atoms with Gasteiger partial charge in [-0.15, -0.1) is 0 Å². The molecule has 2 aliphatic rings. The third-order valence-electron chi connectivity index (χ3n) is 5.23. The number of hydrogen-bond acceptors (Lipinski definition) is 6. The summed E-state index contributed by atoms with van der Waals surface area (Å²) in [5, 5.41) is 4.13. The van der Waals surface area contributed by atoms with E-state index in [4.69, 9.17) is 9.26 Å². The Kier molecular flexibility index (Phi) is 5.50. The number of amides is 1. The molecule has 4 rings (SSSR count). The minimum atomic E-state index is -0.505. The summed E-state index contributed by atoms with van der Waals surface area (Å²) in [6.07, 6.45) is 3.60. The molecule has 1 saturated heterocycles. The van der Waals surface area contributed by atoms with Crippen molar-refractivity contribution < 1.29 is 14.1 Å². The molecule has 0 bridgehead atoms. The predicted octanol–water partition coefficient (Wildman–Crippen LogP) is 3.05. The number of likely N-dealkylation sites (tertiary alicyclic amines) is 1. The van der Waals surface area contributed by atoms with Crippen molar-refractivity contribution in [2.24, 2.45) is 5.92 Å². The van der Waals surface area contributed by atoms with Gasteiger partial charge in [0.15, 0.2) is 11.9 Å². The molecule has 1 unspecified atom stereocenters. The van der Waals surface area contributed by atoms with Crippen LogP contribution in [0.4, 0.5) is 5.69 Å². The van der Waals surface area contributed by atoms with Crippen LogP contribution in [-0.2, 0) is 17.8 Å². The van der Waals surface area contributed by atoms with E-state index in [9.17, 15) is 4.79 Å². The summed E-state index contributed by atoms with van der Waals surface area (Å²) in [6, 6.07) is 7.83. The summed E-state index contributed by atoms with van der Waals surface area (Å²) in [4.78, 5) is 21.6. The number of benzene rings is 1. The monoisotopic (exact) mass is 384 g/mol. The van der Waals surface area contributed by atoms with Gasteiger partial charge in [0.25, 0.3) is 5.91 Å². The summed E-state index contributed by atoms with van der Waals surface area (Å²) in [7, 11) is 0. The number of piperidine rings is 1. The van der Waals surface area contributed by atoms with Crippen LogP contribution in [0.2, 0.25) is 0 Å². The standard InChI is InChI=1S/C21H28N4O3/c1-15(2)12-20-22-19(23-28-20)14-25-13-18(21(26)24-10-6-3-7-11-24)27-17-9-5-4-8-16(17)25/h4-5,8-9,15,18H,3,6-7,10-14H2,1-2H3. The lowest BCUT2D eigenvalue weighted by molar-refractivity contribution is -0.139. The van der Waals surface area contributed by atoms with Gasteiger partial charge in [0.2, 0.25) is 5.89 Å². The third-order valence-corrected chi connectivity index (χ3v) is 5.23. The van der Waals surface area contributed by atoms with Gasteiger partial charge in [-0.2, -0.15) is 4.98 Å². The van der Waals surface area contributed by atoms with Crippen LogP contribution < -0.4 is 9.64 Å². The molecule has 1 atom stereocenters. The number of anilines is 1. The van der Waals surface area contributed by atoms with Crippen molar-refractivity contribution >= 4 is 11.6 Å². The Morgan fingerprint density at radius 3 is 2.79 bits per heavy atom. The van der Waals surface area contributed by atoms with Crippen molar-refractivity contribution in [1.29, 1.82) is 0 Å². The van der Waals surface area contributed by atoms with Crippen molar-refractivity contribution in [3.05, 3.63) is 36.0 Å². The summed E-state index contributed by atoms with van der Waals surface area (Å²) < 4.78 is 11.5. The van der Waals surface area contributed by atoms with Crippen LogP contribution in [-0.4, -0.2) is 46.7 Å². The van der Waals surface area contributed by atoms with E-state index in [-0.39, 0.29) is 5.91 Å². The SMILES string of the molecule is CC(C)Cc1nc(CN2CC(C(=O)N3CCCCC3)Oc3ccccc32)no1. The van der Waals surface area contributed by atoms with E-state index in [0.717, 1.165) is 43.8 Å². The van der Waals surface area contributed by atoms with Crippen molar-refractivity contribution in [1.82, 2.24) is 15.0 Å². The highest BCUT2D eigenvalue weighted by atomic mass is 16.5. The molecule has 1 fully saturated rings. The average Bonchev–Trinajstić information content (AvgIpc) is 3.14. The molecule has 0 aliphatic carbocycles. The zero-order valence-corrected chi connectivity index (χ0v) is 16.6. The zero-order valence-electron chi connectivity index (χ0n) is 16.6. The molecule has 3 heterocycles. The van der Waals surface area contributed by atoms with Crippen molar-refractivity contribution in [2.45, 2.75) is 52.2 Å². The first-order valence-electron chi connectivity index (χ1n) is 10.2. The van der Waals surface area contributed by atoms with Crippen LogP contribution in [0.5, 0.6) is 5.75 Å². The molecule has 0 N–H and O–H groups in total. The molecule has 7 nitrogen and oxygen atoms in total. The number of fused-ring (bicyclic) bond motifs is 1. The fourth-order valence-corrected chi connectivity index (χ4v) is 3.86. The number of carbonyl (C=O) groups excluding carboxylic acids is 1. The molecule has 1 amide bonds. The molecule has 7 heteroatoms. The lowest BCUT2D eigenvalue weighted by Gasteiger charge is -2.37. The molecule has 28 heavy (non-hydrogen) atoms. The fourth-order valence-electron chi connectivity index (χ4n) is 3.86. The summed E-state index contributed by atoms with van der Waals surface area (Å²) >= 11 is 0. The number of ether oxygens (including phenoxy) is 1. The van der Waals surface area contributed by atoms with Crippen LogP contribution in [0.15, 0.2) is 28.8 Å².